The Balaban J connectivity index is 4.40. The van der Waals surface area contributed by atoms with Gasteiger partial charge < -0.3 is 14.6 Å². The molecule has 0 aliphatic carbocycles. The van der Waals surface area contributed by atoms with Crippen molar-refractivity contribution in [2.45, 2.75) is 97.7 Å². The maximum atomic E-state index is 9.41. The Morgan fingerprint density at radius 1 is 0.773 bits per heavy atom. The van der Waals surface area contributed by atoms with Gasteiger partial charge >= 0.3 is 0 Å². The molecule has 0 saturated carbocycles. The lowest BCUT2D eigenvalue weighted by Crippen LogP contribution is -2.42. The number of rotatable bonds is 16. The molecule has 0 bridgehead atoms. The minimum Gasteiger partial charge on any atom is -0.396 e. The highest BCUT2D eigenvalue weighted by Gasteiger charge is 2.35. The number of ether oxygens (including phenoxy) is 2. The number of aliphatic hydroxyl groups excluding tert-OH is 1. The van der Waals surface area contributed by atoms with Crippen molar-refractivity contribution in [2.24, 2.45) is 5.92 Å². The third kappa shape index (κ3) is 9.81. The summed E-state index contributed by atoms with van der Waals surface area (Å²) in [7, 11) is 0. The van der Waals surface area contributed by atoms with Gasteiger partial charge in [0.2, 0.25) is 0 Å². The molecule has 134 valence electrons. The largest absolute Gasteiger partial charge is 0.396 e. The lowest BCUT2D eigenvalue weighted by atomic mass is 9.90. The Morgan fingerprint density at radius 3 is 1.82 bits per heavy atom. The summed E-state index contributed by atoms with van der Waals surface area (Å²) in [5, 5.41) is 9.41. The molecule has 0 saturated heterocycles. The average molecular weight is 317 g/mol. The Bertz CT molecular complexity index is 223. The second-order valence-corrected chi connectivity index (χ2v) is 6.48. The van der Waals surface area contributed by atoms with Gasteiger partial charge in [-0.1, -0.05) is 59.3 Å². The summed E-state index contributed by atoms with van der Waals surface area (Å²) in [5.41, 5.74) is 0. The monoisotopic (exact) mass is 316 g/mol. The topological polar surface area (TPSA) is 38.7 Å². The van der Waals surface area contributed by atoms with Gasteiger partial charge in [-0.3, -0.25) is 0 Å². The quantitative estimate of drug-likeness (QED) is 0.310. The van der Waals surface area contributed by atoms with Gasteiger partial charge in [0.25, 0.3) is 0 Å². The maximum Gasteiger partial charge on any atom is 0.168 e. The van der Waals surface area contributed by atoms with Crippen LogP contribution in [0.15, 0.2) is 0 Å². The van der Waals surface area contributed by atoms with Crippen LogP contribution in [0.5, 0.6) is 0 Å². The van der Waals surface area contributed by atoms with Crippen LogP contribution in [0.3, 0.4) is 0 Å². The molecule has 1 N–H and O–H groups in total. The highest BCUT2D eigenvalue weighted by atomic mass is 16.7. The van der Waals surface area contributed by atoms with Crippen LogP contribution in [-0.4, -0.2) is 30.7 Å². The molecule has 0 fully saturated rings. The lowest BCUT2D eigenvalue weighted by Gasteiger charge is -2.37. The zero-order chi connectivity index (χ0) is 16.7. The van der Waals surface area contributed by atoms with Gasteiger partial charge in [0.15, 0.2) is 5.79 Å². The van der Waals surface area contributed by atoms with Crippen molar-refractivity contribution in [2.75, 3.05) is 19.8 Å². The molecule has 0 aliphatic heterocycles. The van der Waals surface area contributed by atoms with Crippen molar-refractivity contribution >= 4 is 0 Å². The summed E-state index contributed by atoms with van der Waals surface area (Å²) in [4.78, 5) is 0. The van der Waals surface area contributed by atoms with Gasteiger partial charge in [-0.15, -0.1) is 0 Å². The summed E-state index contributed by atoms with van der Waals surface area (Å²) < 4.78 is 12.1. The molecule has 0 amide bonds. The Kier molecular flexibility index (Phi) is 14.4. The van der Waals surface area contributed by atoms with E-state index < -0.39 is 5.79 Å². The van der Waals surface area contributed by atoms with E-state index >= 15 is 0 Å². The van der Waals surface area contributed by atoms with Crippen LogP contribution in [-0.2, 0) is 9.47 Å². The third-order valence-corrected chi connectivity index (χ3v) is 4.31. The highest BCUT2D eigenvalue weighted by molar-refractivity contribution is 4.76. The number of aliphatic hydroxyl groups is 1. The van der Waals surface area contributed by atoms with Gasteiger partial charge in [0.05, 0.1) is 0 Å². The van der Waals surface area contributed by atoms with Crippen molar-refractivity contribution in [1.82, 2.24) is 0 Å². The van der Waals surface area contributed by atoms with Crippen molar-refractivity contribution in [3.8, 4) is 0 Å². The van der Waals surface area contributed by atoms with Gasteiger partial charge in [-0.05, 0) is 32.6 Å². The molecule has 3 nitrogen and oxygen atoms in total. The Labute approximate surface area is 138 Å². The fourth-order valence-electron chi connectivity index (χ4n) is 2.88. The molecule has 0 aliphatic rings. The molecule has 1 atom stereocenters. The second kappa shape index (κ2) is 14.5. The summed E-state index contributed by atoms with van der Waals surface area (Å²) in [6.07, 6.45) is 11.6. The number of hydrogen-bond acceptors (Lipinski definition) is 3. The zero-order valence-electron chi connectivity index (χ0n) is 15.5. The first kappa shape index (κ1) is 21.9. The van der Waals surface area contributed by atoms with E-state index in [0.717, 1.165) is 38.9 Å². The van der Waals surface area contributed by atoms with Crippen LogP contribution in [0.2, 0.25) is 0 Å². The van der Waals surface area contributed by atoms with Gasteiger partial charge in [0.1, 0.15) is 0 Å². The molecular formula is C19H40O3. The smallest absolute Gasteiger partial charge is 0.168 e. The van der Waals surface area contributed by atoms with Gasteiger partial charge in [-0.2, -0.15) is 0 Å². The van der Waals surface area contributed by atoms with Crippen molar-refractivity contribution < 1.29 is 14.6 Å². The predicted molar refractivity (Wildman–Crippen MR) is 94.1 cm³/mol. The Morgan fingerprint density at radius 2 is 1.32 bits per heavy atom. The number of unbranched alkanes of at least 4 members (excludes halogenated alkanes) is 5. The van der Waals surface area contributed by atoms with Crippen LogP contribution in [0.1, 0.15) is 91.9 Å². The first-order chi connectivity index (χ1) is 10.6. The summed E-state index contributed by atoms with van der Waals surface area (Å²) >= 11 is 0. The Hall–Kier alpha value is -0.120. The van der Waals surface area contributed by atoms with Crippen LogP contribution in [0, 0.1) is 5.92 Å². The summed E-state index contributed by atoms with van der Waals surface area (Å²) in [6.45, 7) is 10.2. The molecule has 0 aromatic rings. The first-order valence-corrected chi connectivity index (χ1v) is 9.53. The highest BCUT2D eigenvalue weighted by Crippen LogP contribution is 2.31. The van der Waals surface area contributed by atoms with Crippen LogP contribution in [0.25, 0.3) is 0 Å². The van der Waals surface area contributed by atoms with Crippen molar-refractivity contribution in [1.29, 1.82) is 0 Å². The van der Waals surface area contributed by atoms with Crippen LogP contribution >= 0.6 is 0 Å². The number of hydrogen-bond donors (Lipinski definition) is 1. The summed E-state index contributed by atoms with van der Waals surface area (Å²) in [5.74, 6) is -0.264. The molecule has 1 unspecified atom stereocenters. The normalized spacial score (nSPS) is 13.5. The molecule has 0 radical (unpaired) electrons. The van der Waals surface area contributed by atoms with Crippen LogP contribution < -0.4 is 0 Å². The average Bonchev–Trinajstić information content (AvgIpc) is 2.53. The fraction of sp³-hybridized carbons (Fsp3) is 1.00. The van der Waals surface area contributed by atoms with Crippen LogP contribution in [0.4, 0.5) is 0 Å². The first-order valence-electron chi connectivity index (χ1n) is 9.53. The standard InChI is InChI=1S/C19H40O3/c1-5-8-9-10-11-12-13-18(14-15-20)19(4,21-16-6-2)22-17-7-3/h18,20H,5-17H2,1-4H3. The second-order valence-electron chi connectivity index (χ2n) is 6.48. The molecule has 0 aromatic carbocycles. The van der Waals surface area contributed by atoms with Crippen molar-refractivity contribution in [3.05, 3.63) is 0 Å². The summed E-state index contributed by atoms with van der Waals surface area (Å²) in [6, 6.07) is 0. The molecule has 0 aromatic heterocycles. The van der Waals surface area contributed by atoms with Gasteiger partial charge in [-0.25, -0.2) is 0 Å². The van der Waals surface area contributed by atoms with E-state index in [0.29, 0.717) is 0 Å². The van der Waals surface area contributed by atoms with E-state index in [1.54, 1.807) is 0 Å². The molecule has 22 heavy (non-hydrogen) atoms. The SMILES string of the molecule is CCCCCCCCC(CCO)C(C)(OCCC)OCCC. The fourth-order valence-corrected chi connectivity index (χ4v) is 2.88. The lowest BCUT2D eigenvalue weighted by molar-refractivity contribution is -0.259. The van der Waals surface area contributed by atoms with E-state index in [1.807, 2.05) is 0 Å². The maximum absolute atomic E-state index is 9.41. The van der Waals surface area contributed by atoms with E-state index in [2.05, 4.69) is 27.7 Å². The van der Waals surface area contributed by atoms with E-state index in [9.17, 15) is 5.11 Å². The van der Waals surface area contributed by atoms with E-state index in [-0.39, 0.29) is 12.5 Å². The molecule has 0 spiro atoms. The molecule has 3 heteroatoms. The third-order valence-electron chi connectivity index (χ3n) is 4.31. The predicted octanol–water partition coefficient (Wildman–Crippen LogP) is 5.31. The van der Waals surface area contributed by atoms with Gasteiger partial charge in [0, 0.05) is 25.7 Å². The van der Waals surface area contributed by atoms with E-state index in [4.69, 9.17) is 9.47 Å². The molecule has 0 heterocycles. The van der Waals surface area contributed by atoms with E-state index in [1.165, 1.54) is 38.5 Å². The molecule has 0 rings (SSSR count). The minimum absolute atomic E-state index is 0.209. The minimum atomic E-state index is -0.543. The zero-order valence-corrected chi connectivity index (χ0v) is 15.5. The van der Waals surface area contributed by atoms with Crippen molar-refractivity contribution in [3.63, 3.8) is 0 Å². The molecular weight excluding hydrogens is 276 g/mol.